The van der Waals surface area contributed by atoms with Crippen LogP contribution in [0.2, 0.25) is 0 Å². The second-order valence-electron chi connectivity index (χ2n) is 3.27. The summed E-state index contributed by atoms with van der Waals surface area (Å²) in [7, 11) is 1.19. The van der Waals surface area contributed by atoms with Crippen molar-refractivity contribution in [1.29, 1.82) is 0 Å². The maximum atomic E-state index is 11.0. The first kappa shape index (κ1) is 14.9. The fraction of sp³-hybridized carbons (Fsp3) is 0.500. The van der Waals surface area contributed by atoms with Crippen molar-refractivity contribution in [2.24, 2.45) is 0 Å². The molecule has 0 saturated heterocycles. The van der Waals surface area contributed by atoms with Gasteiger partial charge in [0.05, 0.1) is 7.11 Å². The van der Waals surface area contributed by atoms with E-state index in [1.165, 1.54) is 7.11 Å². The van der Waals surface area contributed by atoms with Gasteiger partial charge in [0.25, 0.3) is 0 Å². The molecule has 0 fully saturated rings. The zero-order valence-electron chi connectivity index (χ0n) is 9.98. The summed E-state index contributed by atoms with van der Waals surface area (Å²) in [5.74, 6) is -1.41. The van der Waals surface area contributed by atoms with Gasteiger partial charge in [0, 0.05) is 18.2 Å². The van der Waals surface area contributed by atoms with Gasteiger partial charge in [0.2, 0.25) is 0 Å². The van der Waals surface area contributed by atoms with Crippen molar-refractivity contribution < 1.29 is 23.9 Å². The molecule has 0 atom stereocenters. The number of amides is 2. The number of urea groups is 1. The Bertz CT molecular complexity index is 312. The topological polar surface area (TPSA) is 93.7 Å². The van der Waals surface area contributed by atoms with Crippen molar-refractivity contribution in [2.45, 2.75) is 19.9 Å². The quantitative estimate of drug-likeness (QED) is 0.401. The minimum atomic E-state index is -0.750. The van der Waals surface area contributed by atoms with Crippen molar-refractivity contribution in [3.05, 3.63) is 12.2 Å². The van der Waals surface area contributed by atoms with Crippen LogP contribution in [0.15, 0.2) is 12.2 Å². The van der Waals surface area contributed by atoms with Crippen LogP contribution in [0, 0.1) is 0 Å². The van der Waals surface area contributed by atoms with Gasteiger partial charge in [-0.05, 0) is 13.8 Å². The van der Waals surface area contributed by atoms with E-state index in [4.69, 9.17) is 0 Å². The van der Waals surface area contributed by atoms with E-state index in [2.05, 4.69) is 20.1 Å². The minimum absolute atomic E-state index is 0.00933. The highest BCUT2D eigenvalue weighted by atomic mass is 16.5. The van der Waals surface area contributed by atoms with Crippen LogP contribution in [0.25, 0.3) is 0 Å². The molecule has 0 aromatic carbocycles. The van der Waals surface area contributed by atoms with Crippen LogP contribution in [0.3, 0.4) is 0 Å². The largest absolute Gasteiger partial charge is 0.466 e. The Balaban J connectivity index is 3.75. The first-order valence-electron chi connectivity index (χ1n) is 4.93. The van der Waals surface area contributed by atoms with Gasteiger partial charge in [-0.3, -0.25) is 0 Å². The van der Waals surface area contributed by atoms with Gasteiger partial charge < -0.3 is 20.1 Å². The lowest BCUT2D eigenvalue weighted by Crippen LogP contribution is -2.40. The first-order valence-corrected chi connectivity index (χ1v) is 4.93. The Labute approximate surface area is 99.1 Å². The molecule has 7 heteroatoms. The van der Waals surface area contributed by atoms with Crippen molar-refractivity contribution in [1.82, 2.24) is 10.6 Å². The zero-order valence-corrected chi connectivity index (χ0v) is 9.98. The fourth-order valence-corrected chi connectivity index (χ4v) is 0.738. The Morgan fingerprint density at radius 3 is 2.29 bits per heavy atom. The molecular formula is C10H16N2O5. The van der Waals surface area contributed by atoms with Crippen molar-refractivity contribution in [2.75, 3.05) is 13.8 Å². The summed E-state index contributed by atoms with van der Waals surface area (Å²) < 4.78 is 8.86. The van der Waals surface area contributed by atoms with Crippen LogP contribution >= 0.6 is 0 Å². The molecule has 7 nitrogen and oxygen atoms in total. The third kappa shape index (κ3) is 8.91. The van der Waals surface area contributed by atoms with Crippen molar-refractivity contribution in [3.8, 4) is 0 Å². The Morgan fingerprint density at radius 1 is 1.18 bits per heavy atom. The summed E-state index contributed by atoms with van der Waals surface area (Å²) >= 11 is 0. The van der Waals surface area contributed by atoms with Gasteiger partial charge in [-0.1, -0.05) is 0 Å². The number of esters is 2. The lowest BCUT2D eigenvalue weighted by Gasteiger charge is -2.09. The zero-order chi connectivity index (χ0) is 13.3. The summed E-state index contributed by atoms with van der Waals surface area (Å²) in [6, 6.07) is -0.449. The Morgan fingerprint density at radius 2 is 1.76 bits per heavy atom. The highest BCUT2D eigenvalue weighted by Crippen LogP contribution is 1.83. The molecule has 0 heterocycles. The predicted molar refractivity (Wildman–Crippen MR) is 58.9 cm³/mol. The molecule has 96 valence electrons. The molecule has 0 spiro atoms. The number of carbonyl (C=O) groups is 3. The fourth-order valence-electron chi connectivity index (χ4n) is 0.738. The van der Waals surface area contributed by atoms with E-state index >= 15 is 0 Å². The number of nitrogens with one attached hydrogen (secondary N) is 2. The van der Waals surface area contributed by atoms with Crippen LogP contribution in [0.4, 0.5) is 4.79 Å². The van der Waals surface area contributed by atoms with Crippen LogP contribution < -0.4 is 10.6 Å². The number of hydrogen-bond acceptors (Lipinski definition) is 5. The van der Waals surface area contributed by atoms with Gasteiger partial charge in [-0.25, -0.2) is 14.4 Å². The number of methoxy groups -OCH3 is 1. The minimum Gasteiger partial charge on any atom is -0.466 e. The predicted octanol–water partition coefficient (Wildman–Crippen LogP) is -0.0761. The van der Waals surface area contributed by atoms with Crippen LogP contribution in [0.5, 0.6) is 0 Å². The van der Waals surface area contributed by atoms with Gasteiger partial charge in [-0.2, -0.15) is 0 Å². The molecule has 0 unspecified atom stereocenters. The average molecular weight is 244 g/mol. The highest BCUT2D eigenvalue weighted by Gasteiger charge is 2.03. The lowest BCUT2D eigenvalue weighted by atomic mass is 10.4. The van der Waals surface area contributed by atoms with E-state index in [9.17, 15) is 14.4 Å². The number of ether oxygens (including phenoxy) is 2. The van der Waals surface area contributed by atoms with Crippen molar-refractivity contribution in [3.63, 3.8) is 0 Å². The SMILES string of the molecule is COC(=O)/C=C/C(=O)OCNC(=O)NC(C)C. The molecule has 0 aromatic rings. The van der Waals surface area contributed by atoms with E-state index in [0.717, 1.165) is 12.2 Å². The Hall–Kier alpha value is -2.05. The maximum absolute atomic E-state index is 11.0. The van der Waals surface area contributed by atoms with Crippen molar-refractivity contribution >= 4 is 18.0 Å². The molecule has 0 saturated carbocycles. The van der Waals surface area contributed by atoms with Gasteiger partial charge in [-0.15, -0.1) is 0 Å². The molecule has 0 aliphatic carbocycles. The van der Waals surface area contributed by atoms with E-state index in [1.807, 2.05) is 0 Å². The third-order valence-corrected chi connectivity index (χ3v) is 1.42. The third-order valence-electron chi connectivity index (χ3n) is 1.42. The van der Waals surface area contributed by atoms with Crippen LogP contribution in [-0.4, -0.2) is 37.9 Å². The van der Waals surface area contributed by atoms with Gasteiger partial charge in [0.1, 0.15) is 0 Å². The van der Waals surface area contributed by atoms with E-state index in [-0.39, 0.29) is 12.8 Å². The molecule has 0 radical (unpaired) electrons. The van der Waals surface area contributed by atoms with Gasteiger partial charge >= 0.3 is 18.0 Å². The average Bonchev–Trinajstić information content (AvgIpc) is 2.24. The number of rotatable bonds is 5. The Kier molecular flexibility index (Phi) is 7.16. The summed E-state index contributed by atoms with van der Waals surface area (Å²) in [4.78, 5) is 32.6. The molecule has 0 rings (SSSR count). The number of carbonyl (C=O) groups excluding carboxylic acids is 3. The normalized spacial score (nSPS) is 10.1. The molecular weight excluding hydrogens is 228 g/mol. The summed E-state index contributed by atoms with van der Waals surface area (Å²) in [5.41, 5.74) is 0. The van der Waals surface area contributed by atoms with E-state index < -0.39 is 18.0 Å². The second-order valence-corrected chi connectivity index (χ2v) is 3.27. The molecule has 2 amide bonds. The van der Waals surface area contributed by atoms with Gasteiger partial charge in [0.15, 0.2) is 6.73 Å². The smallest absolute Gasteiger partial charge is 0.332 e. The monoisotopic (exact) mass is 244 g/mol. The molecule has 2 N–H and O–H groups in total. The molecule has 0 aliphatic heterocycles. The summed E-state index contributed by atoms with van der Waals surface area (Å²) in [6.45, 7) is 3.32. The summed E-state index contributed by atoms with van der Waals surface area (Å²) in [6.07, 6.45) is 1.84. The van der Waals surface area contributed by atoms with E-state index in [0.29, 0.717) is 0 Å². The molecule has 17 heavy (non-hydrogen) atoms. The van der Waals surface area contributed by atoms with E-state index in [1.54, 1.807) is 13.8 Å². The van der Waals surface area contributed by atoms with Crippen LogP contribution in [-0.2, 0) is 19.1 Å². The lowest BCUT2D eigenvalue weighted by molar-refractivity contribution is -0.139. The highest BCUT2D eigenvalue weighted by molar-refractivity contribution is 5.91. The summed E-state index contributed by atoms with van der Waals surface area (Å²) in [5, 5.41) is 4.85. The molecule has 0 aromatic heterocycles. The van der Waals surface area contributed by atoms with Crippen LogP contribution in [0.1, 0.15) is 13.8 Å². The number of hydrogen-bond donors (Lipinski definition) is 2. The molecule has 0 aliphatic rings. The first-order chi connectivity index (χ1) is 7.95. The molecule has 0 bridgehead atoms. The second kappa shape index (κ2) is 8.14. The standard InChI is InChI=1S/C10H16N2O5/c1-7(2)12-10(15)11-6-17-9(14)5-4-8(13)16-3/h4-5,7H,6H2,1-3H3,(H2,11,12,15)/b5-4+. The maximum Gasteiger partial charge on any atom is 0.332 e.